The molecule has 0 aliphatic rings. The molecule has 0 bridgehead atoms. The van der Waals surface area contributed by atoms with E-state index in [1.807, 2.05) is 6.92 Å². The molecule has 0 fully saturated rings. The van der Waals surface area contributed by atoms with Gasteiger partial charge in [-0.2, -0.15) is 8.78 Å². The van der Waals surface area contributed by atoms with Gasteiger partial charge in [0.2, 0.25) is 0 Å². The summed E-state index contributed by atoms with van der Waals surface area (Å²) in [6.07, 6.45) is 1.14. The first-order valence-electron chi connectivity index (χ1n) is 4.94. The van der Waals surface area contributed by atoms with Gasteiger partial charge in [0.15, 0.2) is 6.29 Å². The molecule has 0 heterocycles. The number of carbonyl (C=O) groups is 1. The fraction of sp³-hybridized carbons (Fsp3) is 0.364. The lowest BCUT2D eigenvalue weighted by Crippen LogP contribution is -2.05. The number of carbonyl (C=O) groups excluding carboxylic acids is 1. The molecule has 17 heavy (non-hydrogen) atoms. The molecular weight excluding hydrogens is 254 g/mol. The van der Waals surface area contributed by atoms with Gasteiger partial charge in [-0.05, 0) is 12.5 Å². The largest absolute Gasteiger partial charge is 0.492 e. The second-order valence-corrected chi connectivity index (χ2v) is 3.57. The summed E-state index contributed by atoms with van der Waals surface area (Å²) in [6, 6.07) is 2.42. The summed E-state index contributed by atoms with van der Waals surface area (Å²) in [6.45, 7) is -0.715. The monoisotopic (exact) mass is 264 g/mol. The maximum atomic E-state index is 12.1. The topological polar surface area (TPSA) is 35.5 Å². The zero-order valence-corrected chi connectivity index (χ0v) is 9.84. The molecule has 3 nitrogen and oxygen atoms in total. The molecule has 0 atom stereocenters. The van der Waals surface area contributed by atoms with E-state index in [9.17, 15) is 13.6 Å². The van der Waals surface area contributed by atoms with E-state index in [4.69, 9.17) is 16.3 Å². The lowest BCUT2D eigenvalue weighted by Gasteiger charge is -2.11. The van der Waals surface area contributed by atoms with Gasteiger partial charge in [-0.15, -0.1) is 0 Å². The van der Waals surface area contributed by atoms with E-state index in [2.05, 4.69) is 4.74 Å². The van der Waals surface area contributed by atoms with Gasteiger partial charge >= 0.3 is 6.61 Å². The van der Waals surface area contributed by atoms with Crippen LogP contribution in [0.2, 0.25) is 5.02 Å². The van der Waals surface area contributed by atoms with E-state index in [1.165, 1.54) is 12.1 Å². The standard InChI is InChI=1S/C11H11ClF2O3/c1-2-3-16-10-5-9(17-11(13)14)7(6-15)4-8(10)12/h4-6,11H,2-3H2,1H3. The van der Waals surface area contributed by atoms with Crippen LogP contribution in [0.5, 0.6) is 11.5 Å². The Morgan fingerprint density at radius 3 is 2.65 bits per heavy atom. The quantitative estimate of drug-likeness (QED) is 0.737. The molecule has 0 aliphatic heterocycles. The average molecular weight is 265 g/mol. The summed E-state index contributed by atoms with van der Waals surface area (Å²) in [4.78, 5) is 10.7. The van der Waals surface area contributed by atoms with Crippen LogP contribution in [-0.4, -0.2) is 19.5 Å². The van der Waals surface area contributed by atoms with Crippen LogP contribution >= 0.6 is 11.6 Å². The zero-order chi connectivity index (χ0) is 12.8. The number of benzene rings is 1. The molecule has 0 radical (unpaired) electrons. The maximum absolute atomic E-state index is 12.1. The van der Waals surface area contributed by atoms with Crippen molar-refractivity contribution in [3.8, 4) is 11.5 Å². The van der Waals surface area contributed by atoms with Crippen molar-refractivity contribution in [1.29, 1.82) is 0 Å². The van der Waals surface area contributed by atoms with Crippen LogP contribution < -0.4 is 9.47 Å². The molecule has 0 N–H and O–H groups in total. The Balaban J connectivity index is 3.03. The summed E-state index contributed by atoms with van der Waals surface area (Å²) < 4.78 is 33.7. The van der Waals surface area contributed by atoms with E-state index >= 15 is 0 Å². The third kappa shape index (κ3) is 3.85. The van der Waals surface area contributed by atoms with Gasteiger partial charge in [-0.1, -0.05) is 18.5 Å². The lowest BCUT2D eigenvalue weighted by molar-refractivity contribution is -0.0501. The van der Waals surface area contributed by atoms with Gasteiger partial charge in [0.25, 0.3) is 0 Å². The molecule has 6 heteroatoms. The normalized spacial score (nSPS) is 10.4. The van der Waals surface area contributed by atoms with E-state index < -0.39 is 6.61 Å². The minimum Gasteiger partial charge on any atom is -0.492 e. The van der Waals surface area contributed by atoms with E-state index in [0.717, 1.165) is 6.42 Å². The van der Waals surface area contributed by atoms with Crippen LogP contribution in [0.25, 0.3) is 0 Å². The molecule has 1 rings (SSSR count). The van der Waals surface area contributed by atoms with Gasteiger partial charge in [-0.25, -0.2) is 0 Å². The first-order valence-corrected chi connectivity index (χ1v) is 5.32. The van der Waals surface area contributed by atoms with E-state index in [0.29, 0.717) is 12.9 Å². The number of ether oxygens (including phenoxy) is 2. The summed E-state index contributed by atoms with van der Waals surface area (Å²) in [7, 11) is 0. The van der Waals surface area contributed by atoms with Crippen LogP contribution in [0.15, 0.2) is 12.1 Å². The maximum Gasteiger partial charge on any atom is 0.387 e. The molecule has 0 saturated carbocycles. The molecule has 0 amide bonds. The van der Waals surface area contributed by atoms with Gasteiger partial charge in [-0.3, -0.25) is 4.79 Å². The Bertz CT molecular complexity index is 397. The number of aldehydes is 1. The fourth-order valence-electron chi connectivity index (χ4n) is 1.16. The SMILES string of the molecule is CCCOc1cc(OC(F)F)c(C=O)cc1Cl. The molecule has 94 valence electrons. The van der Waals surface area contributed by atoms with E-state index in [1.54, 1.807) is 0 Å². The van der Waals surface area contributed by atoms with Crippen LogP contribution in [-0.2, 0) is 0 Å². The van der Waals surface area contributed by atoms with Crippen molar-refractivity contribution in [2.75, 3.05) is 6.61 Å². The molecule has 0 saturated heterocycles. The van der Waals surface area contributed by atoms with Crippen molar-refractivity contribution < 1.29 is 23.0 Å². The predicted octanol–water partition coefficient (Wildman–Crippen LogP) is 3.54. The van der Waals surface area contributed by atoms with Crippen LogP contribution in [0, 0.1) is 0 Å². The highest BCUT2D eigenvalue weighted by molar-refractivity contribution is 6.32. The van der Waals surface area contributed by atoms with Crippen molar-refractivity contribution >= 4 is 17.9 Å². The zero-order valence-electron chi connectivity index (χ0n) is 9.08. The van der Waals surface area contributed by atoms with Crippen molar-refractivity contribution in [2.45, 2.75) is 20.0 Å². The number of halogens is 3. The number of hydrogen-bond acceptors (Lipinski definition) is 3. The van der Waals surface area contributed by atoms with Gasteiger partial charge in [0.1, 0.15) is 11.5 Å². The van der Waals surface area contributed by atoms with Crippen molar-refractivity contribution in [3.05, 3.63) is 22.7 Å². The summed E-state index contributed by atoms with van der Waals surface area (Å²) in [5, 5.41) is 0.183. The number of rotatable bonds is 6. The van der Waals surface area contributed by atoms with Crippen LogP contribution in [0.4, 0.5) is 8.78 Å². The van der Waals surface area contributed by atoms with Crippen molar-refractivity contribution in [3.63, 3.8) is 0 Å². The molecule has 0 aliphatic carbocycles. The highest BCUT2D eigenvalue weighted by atomic mass is 35.5. The van der Waals surface area contributed by atoms with Gasteiger partial charge in [0, 0.05) is 6.07 Å². The second-order valence-electron chi connectivity index (χ2n) is 3.17. The highest BCUT2D eigenvalue weighted by Gasteiger charge is 2.14. The predicted molar refractivity (Wildman–Crippen MR) is 59.3 cm³/mol. The first-order chi connectivity index (χ1) is 8.08. The Hall–Kier alpha value is -1.36. The third-order valence-electron chi connectivity index (χ3n) is 1.87. The third-order valence-corrected chi connectivity index (χ3v) is 2.16. The molecule has 1 aromatic rings. The molecule has 1 aromatic carbocycles. The molecule has 0 aromatic heterocycles. The first kappa shape index (κ1) is 13.7. The molecule has 0 spiro atoms. The van der Waals surface area contributed by atoms with Crippen LogP contribution in [0.3, 0.4) is 0 Å². The Kier molecular flexibility index (Phi) is 5.15. The Morgan fingerprint density at radius 2 is 2.12 bits per heavy atom. The van der Waals surface area contributed by atoms with Gasteiger partial charge < -0.3 is 9.47 Å². The second kappa shape index (κ2) is 6.39. The average Bonchev–Trinajstić information content (AvgIpc) is 2.28. The van der Waals surface area contributed by atoms with E-state index in [-0.39, 0.29) is 22.1 Å². The van der Waals surface area contributed by atoms with Crippen molar-refractivity contribution in [1.82, 2.24) is 0 Å². The summed E-state index contributed by atoms with van der Waals surface area (Å²) >= 11 is 5.83. The van der Waals surface area contributed by atoms with Crippen LogP contribution in [0.1, 0.15) is 23.7 Å². The Morgan fingerprint density at radius 1 is 1.41 bits per heavy atom. The summed E-state index contributed by atoms with van der Waals surface area (Å²) in [5.41, 5.74) is -0.0425. The summed E-state index contributed by atoms with van der Waals surface area (Å²) in [5.74, 6) is -0.0275. The fourth-order valence-corrected chi connectivity index (χ4v) is 1.39. The smallest absolute Gasteiger partial charge is 0.387 e. The molecular formula is C11H11ClF2O3. The Labute approximate surface area is 102 Å². The van der Waals surface area contributed by atoms with Crippen molar-refractivity contribution in [2.24, 2.45) is 0 Å². The highest BCUT2D eigenvalue weighted by Crippen LogP contribution is 2.32. The molecule has 0 unspecified atom stereocenters. The minimum absolute atomic E-state index is 0.0425. The number of hydrogen-bond donors (Lipinski definition) is 0. The minimum atomic E-state index is -3.01. The van der Waals surface area contributed by atoms with Gasteiger partial charge in [0.05, 0.1) is 17.2 Å². The lowest BCUT2D eigenvalue weighted by atomic mass is 10.2. The number of alkyl halides is 2.